The maximum atomic E-state index is 6.22. The van der Waals surface area contributed by atoms with Crippen molar-refractivity contribution in [2.75, 3.05) is 17.7 Å². The summed E-state index contributed by atoms with van der Waals surface area (Å²) in [5, 5.41) is 0. The number of hydrogen-bond acceptors (Lipinski definition) is 3. The van der Waals surface area contributed by atoms with Crippen LogP contribution in [0.25, 0.3) is 0 Å². The van der Waals surface area contributed by atoms with Gasteiger partial charge in [0.05, 0.1) is 18.5 Å². The van der Waals surface area contributed by atoms with Crippen LogP contribution in [-0.4, -0.2) is 7.11 Å². The van der Waals surface area contributed by atoms with Crippen molar-refractivity contribution in [3.63, 3.8) is 0 Å². The summed E-state index contributed by atoms with van der Waals surface area (Å²) in [6, 6.07) is 26.0. The van der Waals surface area contributed by atoms with Crippen LogP contribution in [0.2, 0.25) is 0 Å². The first kappa shape index (κ1) is 14.0. The number of hydrogen-bond donors (Lipinski definition) is 1. The maximum absolute atomic E-state index is 6.22. The summed E-state index contributed by atoms with van der Waals surface area (Å²) in [6.07, 6.45) is 0. The number of ether oxygens (including phenoxy) is 1. The zero-order chi connectivity index (χ0) is 15.4. The number of rotatable bonds is 4. The molecule has 0 fully saturated rings. The van der Waals surface area contributed by atoms with Crippen LogP contribution in [0.15, 0.2) is 78.9 Å². The lowest BCUT2D eigenvalue weighted by Crippen LogP contribution is -2.12. The number of para-hydroxylation sites is 2. The number of benzene rings is 3. The Bertz CT molecular complexity index is 702. The van der Waals surface area contributed by atoms with E-state index in [9.17, 15) is 0 Å². The number of anilines is 4. The van der Waals surface area contributed by atoms with E-state index in [-0.39, 0.29) is 0 Å². The second kappa shape index (κ2) is 6.22. The smallest absolute Gasteiger partial charge is 0.121 e. The zero-order valence-electron chi connectivity index (χ0n) is 12.4. The van der Waals surface area contributed by atoms with Crippen LogP contribution in [0, 0.1) is 0 Å². The molecule has 0 aromatic heterocycles. The maximum Gasteiger partial charge on any atom is 0.121 e. The average Bonchev–Trinajstić information content (AvgIpc) is 2.59. The largest absolute Gasteiger partial charge is 0.497 e. The molecule has 3 aromatic rings. The normalized spacial score (nSPS) is 10.2. The summed E-state index contributed by atoms with van der Waals surface area (Å²) in [7, 11) is 1.66. The highest BCUT2D eigenvalue weighted by molar-refractivity contribution is 5.84. The van der Waals surface area contributed by atoms with E-state index in [1.165, 1.54) is 0 Å². The van der Waals surface area contributed by atoms with Gasteiger partial charge in [0.2, 0.25) is 0 Å². The molecule has 0 aliphatic carbocycles. The summed E-state index contributed by atoms with van der Waals surface area (Å²) < 4.78 is 5.35. The Morgan fingerprint density at radius 1 is 0.773 bits per heavy atom. The molecular weight excluding hydrogens is 272 g/mol. The van der Waals surface area contributed by atoms with Crippen molar-refractivity contribution in [2.24, 2.45) is 0 Å². The van der Waals surface area contributed by atoms with E-state index < -0.39 is 0 Å². The molecule has 0 spiro atoms. The molecule has 22 heavy (non-hydrogen) atoms. The fraction of sp³-hybridized carbons (Fsp3) is 0.0526. The first-order valence-corrected chi connectivity index (χ1v) is 7.13. The van der Waals surface area contributed by atoms with Gasteiger partial charge in [0.1, 0.15) is 5.75 Å². The molecule has 3 heteroatoms. The van der Waals surface area contributed by atoms with Crippen LogP contribution in [0.4, 0.5) is 22.7 Å². The molecule has 110 valence electrons. The van der Waals surface area contributed by atoms with E-state index >= 15 is 0 Å². The highest BCUT2D eigenvalue weighted by Gasteiger charge is 2.15. The Kier molecular flexibility index (Phi) is 3.97. The van der Waals surface area contributed by atoms with Crippen molar-refractivity contribution >= 4 is 22.7 Å². The highest BCUT2D eigenvalue weighted by Crippen LogP contribution is 2.39. The van der Waals surface area contributed by atoms with Gasteiger partial charge in [-0.25, -0.2) is 0 Å². The summed E-state index contributed by atoms with van der Waals surface area (Å²) in [6.45, 7) is 0. The number of nitrogens with two attached hydrogens (primary N) is 1. The van der Waals surface area contributed by atoms with E-state index in [0.717, 1.165) is 22.8 Å². The summed E-state index contributed by atoms with van der Waals surface area (Å²) in [4.78, 5) is 2.12. The Morgan fingerprint density at radius 2 is 1.32 bits per heavy atom. The molecule has 0 amide bonds. The molecule has 0 saturated carbocycles. The van der Waals surface area contributed by atoms with Crippen LogP contribution in [0.5, 0.6) is 5.75 Å². The molecule has 3 rings (SSSR count). The summed E-state index contributed by atoms with van der Waals surface area (Å²) in [5.74, 6) is 0.779. The van der Waals surface area contributed by atoms with Gasteiger partial charge in [-0.05, 0) is 36.4 Å². The van der Waals surface area contributed by atoms with Crippen molar-refractivity contribution in [3.8, 4) is 5.75 Å². The van der Waals surface area contributed by atoms with Crippen LogP contribution in [0.1, 0.15) is 0 Å². The minimum Gasteiger partial charge on any atom is -0.497 e. The molecule has 0 unspecified atom stereocenters. The Labute approximate surface area is 130 Å². The number of nitrogens with zero attached hydrogens (tertiary/aromatic N) is 1. The van der Waals surface area contributed by atoms with Crippen molar-refractivity contribution < 1.29 is 4.74 Å². The van der Waals surface area contributed by atoms with Gasteiger partial charge < -0.3 is 15.4 Å². The van der Waals surface area contributed by atoms with Gasteiger partial charge in [-0.15, -0.1) is 0 Å². The standard InChI is InChI=1S/C19H18N2O/c1-22-17-12-13-18(20)19(14-17)21(15-8-4-2-5-9-15)16-10-6-3-7-11-16/h2-14H,20H2,1H3. The van der Waals surface area contributed by atoms with Crippen LogP contribution in [-0.2, 0) is 0 Å². The van der Waals surface area contributed by atoms with E-state index in [2.05, 4.69) is 29.2 Å². The SMILES string of the molecule is COc1ccc(N)c(N(c2ccccc2)c2ccccc2)c1. The van der Waals surface area contributed by atoms with Gasteiger partial charge in [-0.3, -0.25) is 0 Å². The van der Waals surface area contributed by atoms with Gasteiger partial charge in [0, 0.05) is 17.4 Å². The third-order valence-corrected chi connectivity index (χ3v) is 3.51. The molecule has 2 N–H and O–H groups in total. The molecule has 0 aliphatic rings. The molecule has 0 radical (unpaired) electrons. The van der Waals surface area contributed by atoms with Crippen molar-refractivity contribution in [1.29, 1.82) is 0 Å². The Balaban J connectivity index is 2.18. The van der Waals surface area contributed by atoms with Gasteiger partial charge >= 0.3 is 0 Å². The molecule has 0 bridgehead atoms. The fourth-order valence-electron chi connectivity index (χ4n) is 2.43. The zero-order valence-corrected chi connectivity index (χ0v) is 12.4. The molecule has 3 aromatic carbocycles. The van der Waals surface area contributed by atoms with Gasteiger partial charge in [-0.1, -0.05) is 36.4 Å². The number of nitrogen functional groups attached to an aromatic ring is 1. The average molecular weight is 290 g/mol. The Morgan fingerprint density at radius 3 is 1.82 bits per heavy atom. The van der Waals surface area contributed by atoms with Crippen LogP contribution >= 0.6 is 0 Å². The molecule has 0 saturated heterocycles. The molecule has 3 nitrogen and oxygen atoms in total. The third kappa shape index (κ3) is 2.74. The lowest BCUT2D eigenvalue weighted by molar-refractivity contribution is 0.415. The van der Waals surface area contributed by atoms with E-state index in [1.807, 2.05) is 54.6 Å². The quantitative estimate of drug-likeness (QED) is 0.705. The van der Waals surface area contributed by atoms with E-state index in [4.69, 9.17) is 10.5 Å². The molecule has 0 heterocycles. The van der Waals surface area contributed by atoms with Crippen LogP contribution in [0.3, 0.4) is 0 Å². The Hall–Kier alpha value is -2.94. The lowest BCUT2D eigenvalue weighted by atomic mass is 10.1. The summed E-state index contributed by atoms with van der Waals surface area (Å²) in [5.41, 5.74) is 9.92. The van der Waals surface area contributed by atoms with Gasteiger partial charge in [0.25, 0.3) is 0 Å². The number of methoxy groups -OCH3 is 1. The van der Waals surface area contributed by atoms with Crippen molar-refractivity contribution in [2.45, 2.75) is 0 Å². The van der Waals surface area contributed by atoms with Crippen molar-refractivity contribution in [3.05, 3.63) is 78.9 Å². The van der Waals surface area contributed by atoms with E-state index in [1.54, 1.807) is 7.11 Å². The van der Waals surface area contributed by atoms with Gasteiger partial charge in [-0.2, -0.15) is 0 Å². The van der Waals surface area contributed by atoms with Gasteiger partial charge in [0.15, 0.2) is 0 Å². The molecule has 0 atom stereocenters. The summed E-state index contributed by atoms with van der Waals surface area (Å²) >= 11 is 0. The topological polar surface area (TPSA) is 38.5 Å². The minimum absolute atomic E-state index is 0.702. The first-order valence-electron chi connectivity index (χ1n) is 7.13. The first-order chi connectivity index (χ1) is 10.8. The lowest BCUT2D eigenvalue weighted by Gasteiger charge is -2.26. The van der Waals surface area contributed by atoms with E-state index in [0.29, 0.717) is 5.69 Å². The predicted molar refractivity (Wildman–Crippen MR) is 92.1 cm³/mol. The second-order valence-corrected chi connectivity index (χ2v) is 4.93. The third-order valence-electron chi connectivity index (χ3n) is 3.51. The van der Waals surface area contributed by atoms with Crippen molar-refractivity contribution in [1.82, 2.24) is 0 Å². The second-order valence-electron chi connectivity index (χ2n) is 4.93. The highest BCUT2D eigenvalue weighted by atomic mass is 16.5. The monoisotopic (exact) mass is 290 g/mol. The predicted octanol–water partition coefficient (Wildman–Crippen LogP) is 4.75. The molecular formula is C19H18N2O. The van der Waals surface area contributed by atoms with Crippen LogP contribution < -0.4 is 15.4 Å². The fourth-order valence-corrected chi connectivity index (χ4v) is 2.43. The minimum atomic E-state index is 0.702. The molecule has 0 aliphatic heterocycles.